The summed E-state index contributed by atoms with van der Waals surface area (Å²) in [6, 6.07) is 6.57. The largest absolute Gasteiger partial charge is 0.497 e. The van der Waals surface area contributed by atoms with Crippen LogP contribution >= 0.6 is 0 Å². The zero-order chi connectivity index (χ0) is 14.3. The molecule has 0 aromatic heterocycles. The molecular weight excluding hydrogens is 255 g/mol. The van der Waals surface area contributed by atoms with E-state index in [4.69, 9.17) is 4.74 Å². The maximum Gasteiger partial charge on any atom is 0.390 e. The molecule has 1 rings (SSSR count). The monoisotopic (exact) mass is 275 g/mol. The second kappa shape index (κ2) is 7.38. The zero-order valence-corrected chi connectivity index (χ0v) is 11.3. The molecule has 19 heavy (non-hydrogen) atoms. The maximum atomic E-state index is 12.5. The molecule has 0 saturated carbocycles. The number of rotatable bonds is 7. The Labute approximate surface area is 112 Å². The minimum atomic E-state index is -4.15. The third-order valence-electron chi connectivity index (χ3n) is 2.78. The molecule has 0 aliphatic heterocycles. The van der Waals surface area contributed by atoms with Gasteiger partial charge in [0.15, 0.2) is 0 Å². The molecule has 1 N–H and O–H groups in total. The molecule has 0 aliphatic carbocycles. The predicted octanol–water partition coefficient (Wildman–Crippen LogP) is 3.56. The molecular formula is C14H20F3NO. The van der Waals surface area contributed by atoms with Gasteiger partial charge in [0.25, 0.3) is 0 Å². The lowest BCUT2D eigenvalue weighted by Crippen LogP contribution is -2.36. The maximum absolute atomic E-state index is 12.5. The molecule has 1 atom stereocenters. The van der Waals surface area contributed by atoms with Gasteiger partial charge < -0.3 is 10.1 Å². The minimum Gasteiger partial charge on any atom is -0.497 e. The highest BCUT2D eigenvalue weighted by molar-refractivity contribution is 5.29. The fourth-order valence-corrected chi connectivity index (χ4v) is 1.93. The van der Waals surface area contributed by atoms with Crippen LogP contribution in [-0.2, 0) is 6.42 Å². The van der Waals surface area contributed by atoms with E-state index < -0.39 is 18.6 Å². The van der Waals surface area contributed by atoms with E-state index in [9.17, 15) is 13.2 Å². The number of methoxy groups -OCH3 is 1. The lowest BCUT2D eigenvalue weighted by atomic mass is 10.0. The Kier molecular flexibility index (Phi) is 6.15. The molecule has 0 heterocycles. The van der Waals surface area contributed by atoms with Crippen LogP contribution in [0.3, 0.4) is 0 Å². The molecule has 1 aromatic rings. The first-order chi connectivity index (χ1) is 8.94. The highest BCUT2D eigenvalue weighted by Gasteiger charge is 2.31. The van der Waals surface area contributed by atoms with Crippen molar-refractivity contribution in [3.05, 3.63) is 29.8 Å². The fourth-order valence-electron chi connectivity index (χ4n) is 1.93. The van der Waals surface area contributed by atoms with Crippen molar-refractivity contribution in [2.75, 3.05) is 13.7 Å². The van der Waals surface area contributed by atoms with Gasteiger partial charge in [0.05, 0.1) is 13.5 Å². The summed E-state index contributed by atoms with van der Waals surface area (Å²) in [7, 11) is 1.54. The van der Waals surface area contributed by atoms with E-state index in [2.05, 4.69) is 5.32 Å². The fraction of sp³-hybridized carbons (Fsp3) is 0.571. The molecule has 1 unspecified atom stereocenters. The third-order valence-corrected chi connectivity index (χ3v) is 2.78. The molecule has 0 radical (unpaired) electrons. The molecule has 0 fully saturated rings. The molecule has 108 valence electrons. The van der Waals surface area contributed by atoms with Crippen molar-refractivity contribution in [2.24, 2.45) is 0 Å². The van der Waals surface area contributed by atoms with Crippen molar-refractivity contribution in [1.29, 1.82) is 0 Å². The van der Waals surface area contributed by atoms with Gasteiger partial charge in [-0.25, -0.2) is 0 Å². The first kappa shape index (κ1) is 15.8. The summed E-state index contributed by atoms with van der Waals surface area (Å²) in [6.07, 6.45) is -3.81. The number of benzene rings is 1. The molecule has 0 spiro atoms. The Bertz CT molecular complexity index is 379. The van der Waals surface area contributed by atoms with Crippen LogP contribution in [0.1, 0.15) is 25.3 Å². The summed E-state index contributed by atoms with van der Waals surface area (Å²) >= 11 is 0. The van der Waals surface area contributed by atoms with Gasteiger partial charge in [-0.1, -0.05) is 19.1 Å². The van der Waals surface area contributed by atoms with Crippen molar-refractivity contribution >= 4 is 0 Å². The molecule has 0 bridgehead atoms. The van der Waals surface area contributed by atoms with Gasteiger partial charge in [-0.05, 0) is 37.1 Å². The number of halogens is 3. The topological polar surface area (TPSA) is 21.3 Å². The Morgan fingerprint density at radius 1 is 1.32 bits per heavy atom. The smallest absolute Gasteiger partial charge is 0.390 e. The lowest BCUT2D eigenvalue weighted by molar-refractivity contribution is -0.139. The van der Waals surface area contributed by atoms with Gasteiger partial charge in [0.1, 0.15) is 5.75 Å². The van der Waals surface area contributed by atoms with E-state index in [1.165, 1.54) is 0 Å². The van der Waals surface area contributed by atoms with Crippen LogP contribution in [0.15, 0.2) is 24.3 Å². The number of hydrogen-bond donors (Lipinski definition) is 1. The Morgan fingerprint density at radius 2 is 2.05 bits per heavy atom. The average Bonchev–Trinajstić information content (AvgIpc) is 2.34. The van der Waals surface area contributed by atoms with E-state index in [0.29, 0.717) is 18.7 Å². The molecule has 0 amide bonds. The van der Waals surface area contributed by atoms with Crippen molar-refractivity contribution in [3.63, 3.8) is 0 Å². The molecule has 0 saturated heterocycles. The first-order valence-corrected chi connectivity index (χ1v) is 6.37. The summed E-state index contributed by atoms with van der Waals surface area (Å²) in [6.45, 7) is 2.52. The minimum absolute atomic E-state index is 0.344. The summed E-state index contributed by atoms with van der Waals surface area (Å²) in [5.41, 5.74) is 0.845. The van der Waals surface area contributed by atoms with E-state index in [0.717, 1.165) is 12.0 Å². The summed E-state index contributed by atoms with van der Waals surface area (Å²) in [4.78, 5) is 0. The van der Waals surface area contributed by atoms with Gasteiger partial charge in [-0.15, -0.1) is 0 Å². The number of alkyl halides is 3. The van der Waals surface area contributed by atoms with E-state index >= 15 is 0 Å². The van der Waals surface area contributed by atoms with E-state index in [-0.39, 0.29) is 0 Å². The number of ether oxygens (including phenoxy) is 1. The van der Waals surface area contributed by atoms with E-state index in [1.54, 1.807) is 25.3 Å². The molecule has 2 nitrogen and oxygen atoms in total. The zero-order valence-electron chi connectivity index (χ0n) is 11.3. The Morgan fingerprint density at radius 3 is 2.63 bits per heavy atom. The first-order valence-electron chi connectivity index (χ1n) is 6.37. The van der Waals surface area contributed by atoms with Crippen molar-refractivity contribution < 1.29 is 17.9 Å². The third kappa shape index (κ3) is 6.47. The van der Waals surface area contributed by atoms with Crippen LogP contribution in [0.4, 0.5) is 13.2 Å². The van der Waals surface area contributed by atoms with Crippen molar-refractivity contribution in [3.8, 4) is 5.75 Å². The summed E-state index contributed by atoms with van der Waals surface area (Å²) in [5, 5.41) is 2.95. The average molecular weight is 275 g/mol. The standard InChI is InChI=1S/C14H20F3NO/c1-3-7-18-12(10-14(15,16)17)8-11-5-4-6-13(9-11)19-2/h4-6,9,12,18H,3,7-8,10H2,1-2H3. The number of nitrogens with one attached hydrogen (secondary N) is 1. The lowest BCUT2D eigenvalue weighted by Gasteiger charge is -2.20. The van der Waals surface area contributed by atoms with Gasteiger partial charge in [0, 0.05) is 6.04 Å². The molecule has 5 heteroatoms. The summed E-state index contributed by atoms with van der Waals surface area (Å²) < 4.78 is 42.6. The molecule has 0 aliphatic rings. The SMILES string of the molecule is CCCNC(Cc1cccc(OC)c1)CC(F)(F)F. The normalized spacial score (nSPS) is 13.3. The van der Waals surface area contributed by atoms with Crippen LogP contribution in [0, 0.1) is 0 Å². The van der Waals surface area contributed by atoms with Crippen molar-refractivity contribution in [2.45, 2.75) is 38.4 Å². The van der Waals surface area contributed by atoms with Gasteiger partial charge in [-0.2, -0.15) is 13.2 Å². The van der Waals surface area contributed by atoms with E-state index in [1.807, 2.05) is 13.0 Å². The Balaban J connectivity index is 2.69. The summed E-state index contributed by atoms with van der Waals surface area (Å²) in [5.74, 6) is 0.666. The van der Waals surface area contributed by atoms with Gasteiger partial charge in [0.2, 0.25) is 0 Å². The van der Waals surface area contributed by atoms with Crippen LogP contribution in [0.25, 0.3) is 0 Å². The quantitative estimate of drug-likeness (QED) is 0.821. The van der Waals surface area contributed by atoms with Crippen LogP contribution in [0.5, 0.6) is 5.75 Å². The van der Waals surface area contributed by atoms with Crippen LogP contribution in [-0.4, -0.2) is 25.9 Å². The highest BCUT2D eigenvalue weighted by Crippen LogP contribution is 2.24. The van der Waals surface area contributed by atoms with Crippen LogP contribution < -0.4 is 10.1 Å². The second-order valence-corrected chi connectivity index (χ2v) is 4.53. The predicted molar refractivity (Wildman–Crippen MR) is 69.5 cm³/mol. The van der Waals surface area contributed by atoms with Crippen LogP contribution in [0.2, 0.25) is 0 Å². The number of hydrogen-bond acceptors (Lipinski definition) is 2. The Hall–Kier alpha value is -1.23. The van der Waals surface area contributed by atoms with Crippen molar-refractivity contribution in [1.82, 2.24) is 5.32 Å². The highest BCUT2D eigenvalue weighted by atomic mass is 19.4. The van der Waals surface area contributed by atoms with Gasteiger partial charge >= 0.3 is 6.18 Å². The second-order valence-electron chi connectivity index (χ2n) is 4.53. The molecule has 1 aromatic carbocycles. The van der Waals surface area contributed by atoms with Gasteiger partial charge in [-0.3, -0.25) is 0 Å².